The summed E-state index contributed by atoms with van der Waals surface area (Å²) in [5.74, 6) is 1.14. The smallest absolute Gasteiger partial charge is 0.0640 e. The summed E-state index contributed by atoms with van der Waals surface area (Å²) in [7, 11) is 0. The van der Waals surface area contributed by atoms with Crippen molar-refractivity contribution in [3.05, 3.63) is 63.7 Å². The van der Waals surface area contributed by atoms with Gasteiger partial charge in [-0.1, -0.05) is 54.8 Å². The number of nitrogens with one attached hydrogen (secondary N) is 2. The van der Waals surface area contributed by atoms with Gasteiger partial charge in [0.1, 0.15) is 0 Å². The van der Waals surface area contributed by atoms with E-state index in [0.29, 0.717) is 0 Å². The normalized spacial score (nSPS) is 17.8. The van der Waals surface area contributed by atoms with Crippen LogP contribution in [0.25, 0.3) is 0 Å². The molecule has 2 aliphatic rings. The van der Waals surface area contributed by atoms with Crippen LogP contribution in [-0.2, 0) is 25.1 Å². The lowest BCUT2D eigenvalue weighted by atomic mass is 9.96. The van der Waals surface area contributed by atoms with E-state index >= 15 is 0 Å². The lowest BCUT2D eigenvalue weighted by molar-refractivity contribution is 0.626. The molecular formula is C24H31ClN2S. The van der Waals surface area contributed by atoms with E-state index in [-0.39, 0.29) is 0 Å². The second-order valence-corrected chi connectivity index (χ2v) is 9.75. The molecule has 2 nitrogen and oxygen atoms in total. The molecule has 28 heavy (non-hydrogen) atoms. The van der Waals surface area contributed by atoms with Gasteiger partial charge in [-0.3, -0.25) is 0 Å². The number of anilines is 1. The van der Waals surface area contributed by atoms with E-state index in [1.165, 1.54) is 47.9 Å². The fraction of sp³-hybridized carbons (Fsp3) is 0.500. The quantitative estimate of drug-likeness (QED) is 0.587. The van der Waals surface area contributed by atoms with Crippen LogP contribution in [0.15, 0.2) is 36.4 Å². The van der Waals surface area contributed by atoms with Crippen LogP contribution < -0.4 is 10.6 Å². The fourth-order valence-corrected chi connectivity index (χ4v) is 5.86. The Hall–Kier alpha value is -1.16. The Bertz CT molecular complexity index is 769. The Kier molecular flexibility index (Phi) is 7.22. The fourth-order valence-electron chi connectivity index (χ4n) is 4.32. The molecule has 150 valence electrons. The second-order valence-electron chi connectivity index (χ2n) is 8.05. The maximum atomic E-state index is 6.57. The van der Waals surface area contributed by atoms with Crippen LogP contribution in [0.3, 0.4) is 0 Å². The molecule has 0 atom stereocenters. The van der Waals surface area contributed by atoms with Crippen molar-refractivity contribution in [1.29, 1.82) is 0 Å². The summed E-state index contributed by atoms with van der Waals surface area (Å²) in [4.78, 5) is 0. The van der Waals surface area contributed by atoms with Gasteiger partial charge in [-0.15, -0.1) is 0 Å². The molecule has 0 bridgehead atoms. The summed E-state index contributed by atoms with van der Waals surface area (Å²) in [5, 5.41) is 8.87. The van der Waals surface area contributed by atoms with Crippen molar-refractivity contribution in [2.75, 3.05) is 18.4 Å². The van der Waals surface area contributed by atoms with E-state index in [0.717, 1.165) is 60.6 Å². The minimum absolute atomic E-state index is 0.824. The number of benzene rings is 2. The average molecular weight is 415 g/mol. The molecule has 0 spiro atoms. The number of halogens is 1. The summed E-state index contributed by atoms with van der Waals surface area (Å²) >= 11 is 8.71. The zero-order chi connectivity index (χ0) is 19.2. The number of hydrogen-bond donors (Lipinski definition) is 2. The summed E-state index contributed by atoms with van der Waals surface area (Å²) < 4.78 is 0. The lowest BCUT2D eigenvalue weighted by Gasteiger charge is -2.20. The van der Waals surface area contributed by atoms with E-state index in [1.54, 1.807) is 0 Å². The van der Waals surface area contributed by atoms with Gasteiger partial charge in [-0.2, -0.15) is 11.8 Å². The molecule has 0 amide bonds. The SMILES string of the molecule is Clc1ccc2c(c1NCc1ccc(CSC3CCCC3)cc1)CCCNCC2. The van der Waals surface area contributed by atoms with Crippen molar-refractivity contribution in [1.82, 2.24) is 5.32 Å². The number of rotatable bonds is 6. The van der Waals surface area contributed by atoms with Gasteiger partial charge in [0, 0.05) is 17.5 Å². The molecule has 1 aliphatic heterocycles. The standard InChI is InChI=1S/C24H31ClN2S/c25-23-12-11-20-13-15-26-14-3-6-22(20)24(23)27-16-18-7-9-19(10-8-18)17-28-21-4-1-2-5-21/h7-12,21,26-27H,1-6,13-17H2. The first kappa shape index (κ1) is 20.1. The third kappa shape index (κ3) is 5.25. The van der Waals surface area contributed by atoms with Crippen molar-refractivity contribution in [3.8, 4) is 0 Å². The molecule has 0 saturated heterocycles. The summed E-state index contributed by atoms with van der Waals surface area (Å²) in [6.07, 6.45) is 8.98. The summed E-state index contributed by atoms with van der Waals surface area (Å²) in [5.41, 5.74) is 6.74. The van der Waals surface area contributed by atoms with Crippen molar-refractivity contribution < 1.29 is 0 Å². The Balaban J connectivity index is 1.38. The highest BCUT2D eigenvalue weighted by Gasteiger charge is 2.16. The maximum Gasteiger partial charge on any atom is 0.0640 e. The molecule has 0 aromatic heterocycles. The van der Waals surface area contributed by atoms with Gasteiger partial charge >= 0.3 is 0 Å². The van der Waals surface area contributed by atoms with Gasteiger partial charge in [-0.25, -0.2) is 0 Å². The van der Waals surface area contributed by atoms with E-state index in [1.807, 2.05) is 6.07 Å². The van der Waals surface area contributed by atoms with Gasteiger partial charge in [0.2, 0.25) is 0 Å². The molecular weight excluding hydrogens is 384 g/mol. The van der Waals surface area contributed by atoms with Gasteiger partial charge in [-0.05, 0) is 73.5 Å². The van der Waals surface area contributed by atoms with Crippen LogP contribution in [0.1, 0.15) is 54.4 Å². The van der Waals surface area contributed by atoms with Crippen LogP contribution in [0, 0.1) is 0 Å². The molecule has 2 aromatic carbocycles. The van der Waals surface area contributed by atoms with Gasteiger partial charge in [0.05, 0.1) is 10.7 Å². The molecule has 1 saturated carbocycles. The van der Waals surface area contributed by atoms with Gasteiger partial charge in [0.15, 0.2) is 0 Å². The van der Waals surface area contributed by atoms with E-state index in [4.69, 9.17) is 11.6 Å². The van der Waals surface area contributed by atoms with Crippen LogP contribution in [0.5, 0.6) is 0 Å². The lowest BCUT2D eigenvalue weighted by Crippen LogP contribution is -2.22. The van der Waals surface area contributed by atoms with Crippen LogP contribution in [0.2, 0.25) is 5.02 Å². The number of hydrogen-bond acceptors (Lipinski definition) is 3. The molecule has 2 aromatic rings. The first-order valence-electron chi connectivity index (χ1n) is 10.7. The zero-order valence-electron chi connectivity index (χ0n) is 16.6. The van der Waals surface area contributed by atoms with Crippen LogP contribution in [0.4, 0.5) is 5.69 Å². The second kappa shape index (κ2) is 10.0. The average Bonchev–Trinajstić information content (AvgIpc) is 3.21. The third-order valence-electron chi connectivity index (χ3n) is 5.99. The predicted molar refractivity (Wildman–Crippen MR) is 124 cm³/mol. The van der Waals surface area contributed by atoms with Crippen molar-refractivity contribution in [3.63, 3.8) is 0 Å². The Morgan fingerprint density at radius 1 is 0.929 bits per heavy atom. The largest absolute Gasteiger partial charge is 0.380 e. The van der Waals surface area contributed by atoms with E-state index in [9.17, 15) is 0 Å². The minimum atomic E-state index is 0.824. The van der Waals surface area contributed by atoms with Gasteiger partial charge in [0.25, 0.3) is 0 Å². The maximum absolute atomic E-state index is 6.57. The molecule has 2 N–H and O–H groups in total. The Morgan fingerprint density at radius 3 is 2.54 bits per heavy atom. The highest BCUT2D eigenvalue weighted by molar-refractivity contribution is 7.99. The molecule has 4 heteroatoms. The first-order valence-corrected chi connectivity index (χ1v) is 12.2. The number of thioether (sulfide) groups is 1. The van der Waals surface area contributed by atoms with Crippen molar-refractivity contribution in [2.45, 2.75) is 62.5 Å². The minimum Gasteiger partial charge on any atom is -0.380 e. The van der Waals surface area contributed by atoms with Crippen LogP contribution >= 0.6 is 23.4 Å². The zero-order valence-corrected chi connectivity index (χ0v) is 18.2. The Morgan fingerprint density at radius 2 is 1.71 bits per heavy atom. The van der Waals surface area contributed by atoms with E-state index < -0.39 is 0 Å². The number of fused-ring (bicyclic) bond motifs is 1. The summed E-state index contributed by atoms with van der Waals surface area (Å²) in [6, 6.07) is 13.4. The molecule has 0 radical (unpaired) electrons. The predicted octanol–water partition coefficient (Wildman–Crippen LogP) is 6.21. The van der Waals surface area contributed by atoms with Crippen molar-refractivity contribution >= 4 is 29.1 Å². The van der Waals surface area contributed by atoms with Crippen molar-refractivity contribution in [2.24, 2.45) is 0 Å². The highest BCUT2D eigenvalue weighted by Crippen LogP contribution is 2.33. The molecule has 1 fully saturated rings. The van der Waals surface area contributed by atoms with Crippen LogP contribution in [-0.4, -0.2) is 18.3 Å². The highest BCUT2D eigenvalue weighted by atomic mass is 35.5. The van der Waals surface area contributed by atoms with E-state index in [2.05, 4.69) is 52.7 Å². The topological polar surface area (TPSA) is 24.1 Å². The Labute approximate surface area is 178 Å². The molecule has 1 aliphatic carbocycles. The summed E-state index contributed by atoms with van der Waals surface area (Å²) in [6.45, 7) is 2.96. The molecule has 4 rings (SSSR count). The monoisotopic (exact) mass is 414 g/mol. The first-order chi connectivity index (χ1) is 13.8. The third-order valence-corrected chi connectivity index (χ3v) is 7.75. The molecule has 0 unspecified atom stereocenters. The molecule has 1 heterocycles. The van der Waals surface area contributed by atoms with Gasteiger partial charge < -0.3 is 10.6 Å².